The molecule has 0 bridgehead atoms. The quantitative estimate of drug-likeness (QED) is 0.882. The molecule has 1 aromatic carbocycles. The van der Waals surface area contributed by atoms with Crippen LogP contribution in [0, 0.1) is 11.7 Å². The van der Waals surface area contributed by atoms with Crippen molar-refractivity contribution in [2.45, 2.75) is 38.7 Å². The Labute approximate surface area is 115 Å². The molecule has 1 aromatic rings. The van der Waals surface area contributed by atoms with Crippen LogP contribution in [0.5, 0.6) is 0 Å². The predicted molar refractivity (Wildman–Crippen MR) is 75.4 cm³/mol. The molecule has 0 amide bonds. The van der Waals surface area contributed by atoms with Crippen LogP contribution in [-0.4, -0.2) is 29.6 Å². The lowest BCUT2D eigenvalue weighted by Crippen LogP contribution is -2.34. The van der Waals surface area contributed by atoms with E-state index in [2.05, 4.69) is 11.8 Å². The van der Waals surface area contributed by atoms with Gasteiger partial charge >= 0.3 is 0 Å². The maximum absolute atomic E-state index is 12.8. The molecule has 2 nitrogen and oxygen atoms in total. The largest absolute Gasteiger partial charge is 0.388 e. The molecular formula is C16H24FNO. The van der Waals surface area contributed by atoms with E-state index >= 15 is 0 Å². The van der Waals surface area contributed by atoms with Crippen LogP contribution in [0.3, 0.4) is 0 Å². The third kappa shape index (κ3) is 4.29. The van der Waals surface area contributed by atoms with Crippen molar-refractivity contribution >= 4 is 0 Å². The summed E-state index contributed by atoms with van der Waals surface area (Å²) in [4.78, 5) is 2.43. The van der Waals surface area contributed by atoms with Crippen LogP contribution < -0.4 is 0 Å². The van der Waals surface area contributed by atoms with E-state index in [0.717, 1.165) is 37.5 Å². The SMILES string of the molecule is CCC1CCN(CCC(O)c2ccc(F)cc2)CC1. The van der Waals surface area contributed by atoms with Gasteiger partial charge in [0.05, 0.1) is 6.10 Å². The highest BCUT2D eigenvalue weighted by Crippen LogP contribution is 2.22. The fraction of sp³-hybridized carbons (Fsp3) is 0.625. The van der Waals surface area contributed by atoms with Crippen molar-refractivity contribution in [3.63, 3.8) is 0 Å². The number of benzene rings is 1. The molecule has 3 heteroatoms. The van der Waals surface area contributed by atoms with Crippen LogP contribution in [0.4, 0.5) is 4.39 Å². The van der Waals surface area contributed by atoms with Crippen LogP contribution in [0.1, 0.15) is 44.3 Å². The molecule has 0 aromatic heterocycles. The summed E-state index contributed by atoms with van der Waals surface area (Å²) in [7, 11) is 0. The number of likely N-dealkylation sites (tertiary alicyclic amines) is 1. The number of hydrogen-bond donors (Lipinski definition) is 1. The molecular weight excluding hydrogens is 241 g/mol. The first-order valence-electron chi connectivity index (χ1n) is 7.35. The first kappa shape index (κ1) is 14.5. The van der Waals surface area contributed by atoms with E-state index in [1.807, 2.05) is 0 Å². The van der Waals surface area contributed by atoms with Crippen molar-refractivity contribution < 1.29 is 9.50 Å². The Morgan fingerprint density at radius 1 is 1.26 bits per heavy atom. The smallest absolute Gasteiger partial charge is 0.123 e. The number of nitrogens with zero attached hydrogens (tertiary/aromatic N) is 1. The molecule has 1 fully saturated rings. The maximum Gasteiger partial charge on any atom is 0.123 e. The van der Waals surface area contributed by atoms with Crippen LogP contribution in [0.15, 0.2) is 24.3 Å². The number of aliphatic hydroxyl groups is 1. The van der Waals surface area contributed by atoms with Crippen molar-refractivity contribution in [1.29, 1.82) is 0 Å². The van der Waals surface area contributed by atoms with Gasteiger partial charge in [0.1, 0.15) is 5.82 Å². The lowest BCUT2D eigenvalue weighted by Gasteiger charge is -2.31. The highest BCUT2D eigenvalue weighted by Gasteiger charge is 2.18. The number of halogens is 1. The minimum Gasteiger partial charge on any atom is -0.388 e. The summed E-state index contributed by atoms with van der Waals surface area (Å²) in [6.45, 7) is 5.48. The van der Waals surface area contributed by atoms with Crippen LogP contribution in [0.2, 0.25) is 0 Å². The summed E-state index contributed by atoms with van der Waals surface area (Å²) in [5, 5.41) is 10.1. The fourth-order valence-electron chi connectivity index (χ4n) is 2.77. The zero-order valence-electron chi connectivity index (χ0n) is 11.7. The summed E-state index contributed by atoms with van der Waals surface area (Å²) in [5.74, 6) is 0.635. The first-order valence-corrected chi connectivity index (χ1v) is 7.35. The van der Waals surface area contributed by atoms with Gasteiger partial charge in [-0.1, -0.05) is 25.5 Å². The van der Waals surface area contributed by atoms with Crippen LogP contribution >= 0.6 is 0 Å². The molecule has 0 radical (unpaired) electrons. The second kappa shape index (κ2) is 7.01. The van der Waals surface area contributed by atoms with E-state index in [1.165, 1.54) is 31.4 Å². The fourth-order valence-corrected chi connectivity index (χ4v) is 2.77. The number of hydrogen-bond acceptors (Lipinski definition) is 2. The van der Waals surface area contributed by atoms with Gasteiger partial charge in [0.2, 0.25) is 0 Å². The van der Waals surface area contributed by atoms with Crippen LogP contribution in [0.25, 0.3) is 0 Å². The monoisotopic (exact) mass is 265 g/mol. The molecule has 1 aliphatic heterocycles. The van der Waals surface area contributed by atoms with E-state index < -0.39 is 6.10 Å². The van der Waals surface area contributed by atoms with Crippen LogP contribution in [-0.2, 0) is 0 Å². The Bertz CT molecular complexity index is 371. The molecule has 0 saturated carbocycles. The molecule has 0 aliphatic carbocycles. The molecule has 1 atom stereocenters. The van der Waals surface area contributed by atoms with E-state index in [1.54, 1.807) is 12.1 Å². The predicted octanol–water partition coefficient (Wildman–Crippen LogP) is 3.37. The number of aliphatic hydroxyl groups excluding tert-OH is 1. The van der Waals surface area contributed by atoms with Crippen molar-refractivity contribution in [2.75, 3.05) is 19.6 Å². The van der Waals surface area contributed by atoms with E-state index in [4.69, 9.17) is 0 Å². The van der Waals surface area contributed by atoms with Gasteiger partial charge in [0.15, 0.2) is 0 Å². The summed E-state index contributed by atoms with van der Waals surface area (Å²) in [6.07, 6.45) is 4.09. The minimum absolute atomic E-state index is 0.252. The number of piperidine rings is 1. The molecule has 19 heavy (non-hydrogen) atoms. The van der Waals surface area contributed by atoms with E-state index in [9.17, 15) is 9.50 Å². The molecule has 1 N–H and O–H groups in total. The van der Waals surface area contributed by atoms with Gasteiger partial charge in [-0.05, 0) is 56.0 Å². The molecule has 1 unspecified atom stereocenters. The first-order chi connectivity index (χ1) is 9.19. The Kier molecular flexibility index (Phi) is 5.34. The summed E-state index contributed by atoms with van der Waals surface area (Å²) < 4.78 is 12.8. The zero-order valence-corrected chi connectivity index (χ0v) is 11.7. The van der Waals surface area contributed by atoms with Gasteiger partial charge in [-0.25, -0.2) is 4.39 Å². The molecule has 1 heterocycles. The summed E-state index contributed by atoms with van der Waals surface area (Å²) >= 11 is 0. The van der Waals surface area contributed by atoms with Gasteiger partial charge in [-0.2, -0.15) is 0 Å². The topological polar surface area (TPSA) is 23.5 Å². The van der Waals surface area contributed by atoms with Gasteiger partial charge in [-0.15, -0.1) is 0 Å². The van der Waals surface area contributed by atoms with Crippen molar-refractivity contribution in [2.24, 2.45) is 5.92 Å². The number of rotatable bonds is 5. The highest BCUT2D eigenvalue weighted by atomic mass is 19.1. The average Bonchev–Trinajstić information content (AvgIpc) is 2.46. The van der Waals surface area contributed by atoms with Crippen molar-refractivity contribution in [1.82, 2.24) is 4.90 Å². The molecule has 0 spiro atoms. The molecule has 1 aliphatic rings. The molecule has 106 valence electrons. The lowest BCUT2D eigenvalue weighted by atomic mass is 9.94. The van der Waals surface area contributed by atoms with Gasteiger partial charge in [0, 0.05) is 6.54 Å². The summed E-state index contributed by atoms with van der Waals surface area (Å²) in [6, 6.07) is 6.16. The third-order valence-corrected chi connectivity index (χ3v) is 4.26. The Morgan fingerprint density at radius 3 is 2.47 bits per heavy atom. The summed E-state index contributed by atoms with van der Waals surface area (Å²) in [5.41, 5.74) is 0.810. The second-order valence-electron chi connectivity index (χ2n) is 5.55. The Morgan fingerprint density at radius 2 is 1.89 bits per heavy atom. The van der Waals surface area contributed by atoms with Gasteiger partial charge in [0.25, 0.3) is 0 Å². The Balaban J connectivity index is 1.75. The zero-order chi connectivity index (χ0) is 13.7. The highest BCUT2D eigenvalue weighted by molar-refractivity contribution is 5.18. The Hall–Kier alpha value is -0.930. The van der Waals surface area contributed by atoms with Crippen molar-refractivity contribution in [3.8, 4) is 0 Å². The molecule has 2 rings (SSSR count). The minimum atomic E-state index is -0.482. The normalized spacial score (nSPS) is 19.5. The second-order valence-corrected chi connectivity index (χ2v) is 5.55. The lowest BCUT2D eigenvalue weighted by molar-refractivity contribution is 0.122. The standard InChI is InChI=1S/C16H24FNO/c1-2-13-7-10-18(11-8-13)12-9-16(19)14-3-5-15(17)6-4-14/h3-6,13,16,19H,2,7-12H2,1H3. The van der Waals surface area contributed by atoms with Gasteiger partial charge in [-0.3, -0.25) is 0 Å². The van der Waals surface area contributed by atoms with Gasteiger partial charge < -0.3 is 10.0 Å². The van der Waals surface area contributed by atoms with Crippen molar-refractivity contribution in [3.05, 3.63) is 35.6 Å². The molecule has 1 saturated heterocycles. The average molecular weight is 265 g/mol. The maximum atomic E-state index is 12.8. The third-order valence-electron chi connectivity index (χ3n) is 4.26. The van der Waals surface area contributed by atoms with E-state index in [-0.39, 0.29) is 5.82 Å². The van der Waals surface area contributed by atoms with E-state index in [0.29, 0.717) is 0 Å².